The number of rotatable bonds is 9. The SMILES string of the molecule is CCCNC(=O)CN1C(=O)COc2ccc(NC(=O)COc3ccc(CC)cc3)cc21. The zero-order valence-corrected chi connectivity index (χ0v) is 17.8. The van der Waals surface area contributed by atoms with E-state index in [0.29, 0.717) is 29.4 Å². The van der Waals surface area contributed by atoms with E-state index in [1.165, 1.54) is 10.5 Å². The molecule has 0 fully saturated rings. The van der Waals surface area contributed by atoms with Crippen molar-refractivity contribution in [2.75, 3.05) is 36.5 Å². The highest BCUT2D eigenvalue weighted by atomic mass is 16.5. The molecule has 31 heavy (non-hydrogen) atoms. The zero-order chi connectivity index (χ0) is 22.2. The van der Waals surface area contributed by atoms with Gasteiger partial charge in [0, 0.05) is 12.2 Å². The van der Waals surface area contributed by atoms with Crippen molar-refractivity contribution in [2.24, 2.45) is 0 Å². The Hall–Kier alpha value is -3.55. The van der Waals surface area contributed by atoms with Crippen molar-refractivity contribution in [3.8, 4) is 11.5 Å². The third kappa shape index (κ3) is 5.97. The second-order valence-corrected chi connectivity index (χ2v) is 7.14. The van der Waals surface area contributed by atoms with Gasteiger partial charge in [-0.25, -0.2) is 0 Å². The second kappa shape index (κ2) is 10.5. The van der Waals surface area contributed by atoms with Gasteiger partial charge in [-0.15, -0.1) is 0 Å². The lowest BCUT2D eigenvalue weighted by Gasteiger charge is -2.29. The first-order valence-corrected chi connectivity index (χ1v) is 10.4. The summed E-state index contributed by atoms with van der Waals surface area (Å²) >= 11 is 0. The maximum Gasteiger partial charge on any atom is 0.265 e. The van der Waals surface area contributed by atoms with Gasteiger partial charge in [-0.3, -0.25) is 19.3 Å². The number of nitrogens with zero attached hydrogens (tertiary/aromatic N) is 1. The Balaban J connectivity index is 1.64. The molecule has 1 aliphatic heterocycles. The number of hydrogen-bond donors (Lipinski definition) is 2. The molecule has 3 rings (SSSR count). The van der Waals surface area contributed by atoms with Crippen molar-refractivity contribution in [3.63, 3.8) is 0 Å². The van der Waals surface area contributed by atoms with Crippen molar-refractivity contribution in [1.82, 2.24) is 5.32 Å². The minimum Gasteiger partial charge on any atom is -0.484 e. The van der Waals surface area contributed by atoms with Crippen molar-refractivity contribution >= 4 is 29.1 Å². The standard InChI is InChI=1S/C23H27N3O5/c1-3-11-24-21(27)13-26-19-12-17(7-10-20(19)31-15-23(26)29)25-22(28)14-30-18-8-5-16(4-2)6-9-18/h5-10,12H,3-4,11,13-15H2,1-2H3,(H,24,27)(H,25,28). The molecule has 1 heterocycles. The first-order chi connectivity index (χ1) is 15.0. The lowest BCUT2D eigenvalue weighted by Crippen LogP contribution is -2.45. The van der Waals surface area contributed by atoms with Gasteiger partial charge < -0.3 is 20.1 Å². The van der Waals surface area contributed by atoms with Crippen LogP contribution in [0.3, 0.4) is 0 Å². The lowest BCUT2D eigenvalue weighted by atomic mass is 10.2. The van der Waals surface area contributed by atoms with Crippen molar-refractivity contribution in [1.29, 1.82) is 0 Å². The molecule has 0 saturated carbocycles. The van der Waals surface area contributed by atoms with Crippen molar-refractivity contribution in [3.05, 3.63) is 48.0 Å². The lowest BCUT2D eigenvalue weighted by molar-refractivity contribution is -0.125. The largest absolute Gasteiger partial charge is 0.484 e. The molecule has 1 aliphatic rings. The summed E-state index contributed by atoms with van der Waals surface area (Å²) in [6, 6.07) is 12.5. The van der Waals surface area contributed by atoms with Gasteiger partial charge in [0.15, 0.2) is 13.2 Å². The van der Waals surface area contributed by atoms with Crippen LogP contribution in [-0.4, -0.2) is 44.0 Å². The number of amides is 3. The molecule has 0 saturated heterocycles. The minimum absolute atomic E-state index is 0.108. The molecule has 2 aromatic rings. The smallest absolute Gasteiger partial charge is 0.265 e. The average molecular weight is 425 g/mol. The fourth-order valence-electron chi connectivity index (χ4n) is 3.08. The molecule has 0 spiro atoms. The van der Waals surface area contributed by atoms with E-state index in [0.717, 1.165) is 12.8 Å². The van der Waals surface area contributed by atoms with Crippen LogP contribution in [-0.2, 0) is 20.8 Å². The highest BCUT2D eigenvalue weighted by Crippen LogP contribution is 2.34. The molecular formula is C23H27N3O5. The van der Waals surface area contributed by atoms with Crippen molar-refractivity contribution < 1.29 is 23.9 Å². The summed E-state index contributed by atoms with van der Waals surface area (Å²) in [7, 11) is 0. The van der Waals surface area contributed by atoms with Crippen LogP contribution in [0.2, 0.25) is 0 Å². The van der Waals surface area contributed by atoms with E-state index >= 15 is 0 Å². The Kier molecular flexibility index (Phi) is 7.48. The number of ether oxygens (including phenoxy) is 2. The number of benzene rings is 2. The fourth-order valence-corrected chi connectivity index (χ4v) is 3.08. The number of aryl methyl sites for hydroxylation is 1. The quantitative estimate of drug-likeness (QED) is 0.644. The summed E-state index contributed by atoms with van der Waals surface area (Å²) in [4.78, 5) is 38.1. The molecule has 0 atom stereocenters. The summed E-state index contributed by atoms with van der Waals surface area (Å²) in [6.07, 6.45) is 1.74. The molecule has 3 amide bonds. The molecule has 8 heteroatoms. The van der Waals surface area contributed by atoms with Crippen LogP contribution in [0.1, 0.15) is 25.8 Å². The Morgan fingerprint density at radius 3 is 2.58 bits per heavy atom. The number of carbonyl (C=O) groups is 3. The Morgan fingerprint density at radius 2 is 1.87 bits per heavy atom. The molecule has 0 aromatic heterocycles. The summed E-state index contributed by atoms with van der Waals surface area (Å²) in [5.41, 5.74) is 2.11. The van der Waals surface area contributed by atoms with E-state index in [2.05, 4.69) is 17.6 Å². The minimum atomic E-state index is -0.338. The number of fused-ring (bicyclic) bond motifs is 1. The van der Waals surface area contributed by atoms with Gasteiger partial charge in [0.2, 0.25) is 5.91 Å². The predicted octanol–water partition coefficient (Wildman–Crippen LogP) is 2.52. The van der Waals surface area contributed by atoms with E-state index in [-0.39, 0.29) is 37.5 Å². The van der Waals surface area contributed by atoms with Crippen LogP contribution < -0.4 is 25.0 Å². The van der Waals surface area contributed by atoms with Gasteiger partial charge in [0.25, 0.3) is 11.8 Å². The maximum atomic E-state index is 12.3. The predicted molar refractivity (Wildman–Crippen MR) is 118 cm³/mol. The van der Waals surface area contributed by atoms with Crippen LogP contribution in [0.4, 0.5) is 11.4 Å². The maximum absolute atomic E-state index is 12.3. The van der Waals surface area contributed by atoms with E-state index in [1.807, 2.05) is 31.2 Å². The van der Waals surface area contributed by atoms with E-state index in [4.69, 9.17) is 9.47 Å². The van der Waals surface area contributed by atoms with Gasteiger partial charge >= 0.3 is 0 Å². The van der Waals surface area contributed by atoms with E-state index < -0.39 is 0 Å². The molecule has 2 N–H and O–H groups in total. The first kappa shape index (κ1) is 22.1. The second-order valence-electron chi connectivity index (χ2n) is 7.14. The van der Waals surface area contributed by atoms with Crippen LogP contribution >= 0.6 is 0 Å². The Morgan fingerprint density at radius 1 is 1.10 bits per heavy atom. The third-order valence-corrected chi connectivity index (χ3v) is 4.76. The molecule has 164 valence electrons. The van der Waals surface area contributed by atoms with Crippen LogP contribution in [0.5, 0.6) is 11.5 Å². The third-order valence-electron chi connectivity index (χ3n) is 4.76. The number of nitrogens with one attached hydrogen (secondary N) is 2. The van der Waals surface area contributed by atoms with Gasteiger partial charge in [-0.05, 0) is 48.7 Å². The molecular weight excluding hydrogens is 398 g/mol. The Bertz CT molecular complexity index is 943. The molecule has 8 nitrogen and oxygen atoms in total. The monoisotopic (exact) mass is 425 g/mol. The highest BCUT2D eigenvalue weighted by Gasteiger charge is 2.27. The van der Waals surface area contributed by atoms with E-state index in [1.54, 1.807) is 18.2 Å². The fraction of sp³-hybridized carbons (Fsp3) is 0.348. The average Bonchev–Trinajstić information content (AvgIpc) is 2.78. The summed E-state index contributed by atoms with van der Waals surface area (Å²) in [5, 5.41) is 5.51. The zero-order valence-electron chi connectivity index (χ0n) is 17.8. The van der Waals surface area contributed by atoms with Crippen LogP contribution in [0.15, 0.2) is 42.5 Å². The van der Waals surface area contributed by atoms with Crippen molar-refractivity contribution in [2.45, 2.75) is 26.7 Å². The van der Waals surface area contributed by atoms with Crippen LogP contribution in [0, 0.1) is 0 Å². The summed E-state index contributed by atoms with van der Waals surface area (Å²) in [5.74, 6) is 0.186. The normalized spacial score (nSPS) is 12.6. The topological polar surface area (TPSA) is 97.0 Å². The highest BCUT2D eigenvalue weighted by molar-refractivity contribution is 6.03. The molecule has 0 radical (unpaired) electrons. The van der Waals surface area contributed by atoms with Gasteiger partial charge in [0.1, 0.15) is 18.0 Å². The summed E-state index contributed by atoms with van der Waals surface area (Å²) in [6.45, 7) is 4.17. The van der Waals surface area contributed by atoms with Gasteiger partial charge in [-0.1, -0.05) is 26.0 Å². The molecule has 2 aromatic carbocycles. The molecule has 0 unspecified atom stereocenters. The van der Waals surface area contributed by atoms with E-state index in [9.17, 15) is 14.4 Å². The molecule has 0 aliphatic carbocycles. The number of carbonyl (C=O) groups excluding carboxylic acids is 3. The Labute approximate surface area is 181 Å². The summed E-state index contributed by atoms with van der Waals surface area (Å²) < 4.78 is 11.0. The number of anilines is 2. The first-order valence-electron chi connectivity index (χ1n) is 10.4. The van der Waals surface area contributed by atoms with Gasteiger partial charge in [0.05, 0.1) is 5.69 Å². The molecule has 0 bridgehead atoms. The number of hydrogen-bond acceptors (Lipinski definition) is 5. The van der Waals surface area contributed by atoms with Gasteiger partial charge in [-0.2, -0.15) is 0 Å². The van der Waals surface area contributed by atoms with Crippen LogP contribution in [0.25, 0.3) is 0 Å².